The molecular formula is C10H11NO3S. The summed E-state index contributed by atoms with van der Waals surface area (Å²) in [5.41, 5.74) is 0.978. The number of rotatable bonds is 4. The van der Waals surface area contributed by atoms with Crippen LogP contribution in [0.3, 0.4) is 0 Å². The van der Waals surface area contributed by atoms with Gasteiger partial charge in [0.25, 0.3) is 10.1 Å². The van der Waals surface area contributed by atoms with E-state index >= 15 is 0 Å². The number of nitrogens with zero attached hydrogens (tertiary/aromatic N) is 1. The lowest BCUT2D eigenvalue weighted by atomic mass is 10.2. The molecule has 0 saturated heterocycles. The molecule has 0 heterocycles. The normalized spacial score (nSPS) is 10.9. The first-order valence-electron chi connectivity index (χ1n) is 4.39. The van der Waals surface area contributed by atoms with Crippen LogP contribution in [0.2, 0.25) is 0 Å². The first-order valence-corrected chi connectivity index (χ1v) is 5.80. The highest BCUT2D eigenvalue weighted by atomic mass is 32.2. The summed E-state index contributed by atoms with van der Waals surface area (Å²) in [5.74, 6) is 0. The Morgan fingerprint density at radius 3 is 2.47 bits per heavy atom. The average molecular weight is 225 g/mol. The lowest BCUT2D eigenvalue weighted by molar-refractivity contribution is 0.326. The Morgan fingerprint density at radius 2 is 1.93 bits per heavy atom. The second kappa shape index (κ2) is 4.91. The van der Waals surface area contributed by atoms with Crippen molar-refractivity contribution in [1.29, 1.82) is 5.26 Å². The number of hydrogen-bond donors (Lipinski definition) is 0. The third-order valence-electron chi connectivity index (χ3n) is 1.76. The summed E-state index contributed by atoms with van der Waals surface area (Å²) in [6.07, 6.45) is 0.0606. The maximum absolute atomic E-state index is 11.5. The smallest absolute Gasteiger partial charge is 0.265 e. The molecule has 1 aromatic rings. The van der Waals surface area contributed by atoms with Crippen LogP contribution in [-0.2, 0) is 14.3 Å². The summed E-state index contributed by atoms with van der Waals surface area (Å²) in [6.45, 7) is 1.76. The van der Waals surface area contributed by atoms with Gasteiger partial charge < -0.3 is 0 Å². The Morgan fingerprint density at radius 1 is 1.33 bits per heavy atom. The van der Waals surface area contributed by atoms with Crippen molar-refractivity contribution in [2.45, 2.75) is 18.2 Å². The van der Waals surface area contributed by atoms with E-state index in [-0.39, 0.29) is 17.9 Å². The van der Waals surface area contributed by atoms with Crippen LogP contribution in [-0.4, -0.2) is 15.0 Å². The zero-order valence-corrected chi connectivity index (χ0v) is 9.12. The minimum Gasteiger partial charge on any atom is -0.265 e. The van der Waals surface area contributed by atoms with Gasteiger partial charge in [-0.05, 0) is 19.1 Å². The molecule has 0 aromatic heterocycles. The van der Waals surface area contributed by atoms with Crippen molar-refractivity contribution in [3.8, 4) is 6.07 Å². The van der Waals surface area contributed by atoms with Gasteiger partial charge >= 0.3 is 0 Å². The molecule has 80 valence electrons. The summed E-state index contributed by atoms with van der Waals surface area (Å²) in [4.78, 5) is 0.117. The molecule has 0 saturated carbocycles. The van der Waals surface area contributed by atoms with Crippen LogP contribution in [0, 0.1) is 18.3 Å². The Balaban J connectivity index is 2.79. The summed E-state index contributed by atoms with van der Waals surface area (Å²) in [6, 6.07) is 8.17. The predicted molar refractivity (Wildman–Crippen MR) is 54.5 cm³/mol. The maximum Gasteiger partial charge on any atom is 0.297 e. The van der Waals surface area contributed by atoms with Crippen LogP contribution in [0.15, 0.2) is 29.2 Å². The van der Waals surface area contributed by atoms with Gasteiger partial charge in [0.05, 0.1) is 24.0 Å². The zero-order chi connectivity index (χ0) is 11.3. The van der Waals surface area contributed by atoms with Crippen LogP contribution in [0.1, 0.15) is 12.0 Å². The maximum atomic E-state index is 11.5. The van der Waals surface area contributed by atoms with Gasteiger partial charge in [-0.3, -0.25) is 4.18 Å². The van der Waals surface area contributed by atoms with E-state index in [1.807, 2.05) is 13.0 Å². The molecule has 15 heavy (non-hydrogen) atoms. The highest BCUT2D eigenvalue weighted by Gasteiger charge is 2.13. The molecule has 0 N–H and O–H groups in total. The SMILES string of the molecule is Cc1ccc(S(=O)(=O)OCCC#N)cc1. The lowest BCUT2D eigenvalue weighted by Gasteiger charge is -2.03. The van der Waals surface area contributed by atoms with Gasteiger partial charge in [-0.25, -0.2) is 0 Å². The van der Waals surface area contributed by atoms with Crippen molar-refractivity contribution in [2.24, 2.45) is 0 Å². The standard InChI is InChI=1S/C10H11NO3S/c1-9-3-5-10(6-4-9)15(12,13)14-8-2-7-11/h3-6H,2,8H2,1H3. The van der Waals surface area contributed by atoms with Gasteiger partial charge in [-0.15, -0.1) is 0 Å². The molecular weight excluding hydrogens is 214 g/mol. The molecule has 4 nitrogen and oxygen atoms in total. The fourth-order valence-electron chi connectivity index (χ4n) is 0.970. The molecule has 0 unspecified atom stereocenters. The van der Waals surface area contributed by atoms with Crippen molar-refractivity contribution in [1.82, 2.24) is 0 Å². The van der Waals surface area contributed by atoms with Crippen molar-refractivity contribution in [3.63, 3.8) is 0 Å². The largest absolute Gasteiger partial charge is 0.297 e. The minimum atomic E-state index is -3.70. The van der Waals surface area contributed by atoms with E-state index in [2.05, 4.69) is 4.18 Å². The van der Waals surface area contributed by atoms with Crippen LogP contribution in [0.4, 0.5) is 0 Å². The van der Waals surface area contributed by atoms with Gasteiger partial charge in [-0.1, -0.05) is 17.7 Å². The molecule has 1 aromatic carbocycles. The van der Waals surface area contributed by atoms with Crippen LogP contribution in [0.5, 0.6) is 0 Å². The van der Waals surface area contributed by atoms with Crippen molar-refractivity contribution < 1.29 is 12.6 Å². The van der Waals surface area contributed by atoms with Gasteiger partial charge in [-0.2, -0.15) is 13.7 Å². The lowest BCUT2D eigenvalue weighted by Crippen LogP contribution is -2.07. The van der Waals surface area contributed by atoms with E-state index in [1.165, 1.54) is 12.1 Å². The van der Waals surface area contributed by atoms with E-state index in [4.69, 9.17) is 5.26 Å². The summed E-state index contributed by atoms with van der Waals surface area (Å²) < 4.78 is 27.6. The van der Waals surface area contributed by atoms with E-state index in [0.717, 1.165) is 5.56 Å². The summed E-state index contributed by atoms with van der Waals surface area (Å²) in [5, 5.41) is 8.25. The number of hydrogen-bond acceptors (Lipinski definition) is 4. The van der Waals surface area contributed by atoms with Gasteiger partial charge in [0, 0.05) is 0 Å². The highest BCUT2D eigenvalue weighted by molar-refractivity contribution is 7.86. The van der Waals surface area contributed by atoms with Crippen molar-refractivity contribution >= 4 is 10.1 Å². The topological polar surface area (TPSA) is 67.2 Å². The Hall–Kier alpha value is -1.38. The van der Waals surface area contributed by atoms with E-state index in [1.54, 1.807) is 12.1 Å². The first kappa shape index (κ1) is 11.7. The van der Waals surface area contributed by atoms with Gasteiger partial charge in [0.15, 0.2) is 0 Å². The quantitative estimate of drug-likeness (QED) is 0.576. The second-order valence-corrected chi connectivity index (χ2v) is 4.61. The third-order valence-corrected chi connectivity index (χ3v) is 3.09. The molecule has 0 aliphatic heterocycles. The number of aryl methyl sites for hydroxylation is 1. The van der Waals surface area contributed by atoms with Gasteiger partial charge in [0.2, 0.25) is 0 Å². The number of nitriles is 1. The molecule has 0 spiro atoms. The van der Waals surface area contributed by atoms with Crippen molar-refractivity contribution in [3.05, 3.63) is 29.8 Å². The molecule has 0 bridgehead atoms. The third kappa shape index (κ3) is 3.35. The molecule has 1 rings (SSSR count). The second-order valence-electron chi connectivity index (χ2n) is 3.00. The molecule has 0 aliphatic rings. The van der Waals surface area contributed by atoms with E-state index < -0.39 is 10.1 Å². The average Bonchev–Trinajstić information content (AvgIpc) is 2.18. The first-order chi connectivity index (χ1) is 7.06. The van der Waals surface area contributed by atoms with Crippen LogP contribution in [0.25, 0.3) is 0 Å². The zero-order valence-electron chi connectivity index (χ0n) is 8.30. The van der Waals surface area contributed by atoms with Crippen LogP contribution < -0.4 is 0 Å². The predicted octanol–water partition coefficient (Wildman–Crippen LogP) is 1.61. The summed E-state index contributed by atoms with van der Waals surface area (Å²) in [7, 11) is -3.70. The van der Waals surface area contributed by atoms with Crippen molar-refractivity contribution in [2.75, 3.05) is 6.61 Å². The van der Waals surface area contributed by atoms with E-state index in [9.17, 15) is 8.42 Å². The fourth-order valence-corrected chi connectivity index (χ4v) is 1.88. The Bertz CT molecular complexity index is 456. The molecule has 0 amide bonds. The van der Waals surface area contributed by atoms with Gasteiger partial charge in [0.1, 0.15) is 0 Å². The monoisotopic (exact) mass is 225 g/mol. The fraction of sp³-hybridized carbons (Fsp3) is 0.300. The molecule has 0 aliphatic carbocycles. The number of benzene rings is 1. The van der Waals surface area contributed by atoms with E-state index in [0.29, 0.717) is 0 Å². The molecule has 5 heteroatoms. The Kier molecular flexibility index (Phi) is 3.83. The molecule has 0 radical (unpaired) electrons. The molecule has 0 fully saturated rings. The van der Waals surface area contributed by atoms with Crippen LogP contribution >= 0.6 is 0 Å². The summed E-state index contributed by atoms with van der Waals surface area (Å²) >= 11 is 0. The minimum absolute atomic E-state index is 0.0606. The Labute approximate surface area is 89.2 Å². The molecule has 0 atom stereocenters. The highest BCUT2D eigenvalue weighted by Crippen LogP contribution is 2.13.